The molecule has 0 aliphatic heterocycles. The van der Waals surface area contributed by atoms with Gasteiger partial charge in [-0.3, -0.25) is 9.78 Å². The van der Waals surface area contributed by atoms with Gasteiger partial charge in [0.25, 0.3) is 0 Å². The summed E-state index contributed by atoms with van der Waals surface area (Å²) in [5, 5.41) is 0. The van der Waals surface area contributed by atoms with Crippen LogP contribution in [0.2, 0.25) is 0 Å². The highest BCUT2D eigenvalue weighted by atomic mass is 32.2. The maximum atomic E-state index is 12.4. The SMILES string of the molecule is CC(C)(OC(=O)CCOc1ccc([S+](c2ccccc2)c2ccccc2)cc1)c1ccncc1. The summed E-state index contributed by atoms with van der Waals surface area (Å²) >= 11 is 0. The van der Waals surface area contributed by atoms with E-state index in [-0.39, 0.29) is 29.9 Å². The molecule has 172 valence electrons. The Morgan fingerprint density at radius 2 is 1.29 bits per heavy atom. The van der Waals surface area contributed by atoms with E-state index in [0.717, 1.165) is 11.3 Å². The first kappa shape index (κ1) is 23.6. The average molecular weight is 471 g/mol. The molecule has 3 aromatic carbocycles. The second-order valence-electron chi connectivity index (χ2n) is 8.22. The van der Waals surface area contributed by atoms with Crippen LogP contribution in [0.3, 0.4) is 0 Å². The van der Waals surface area contributed by atoms with Gasteiger partial charge in [0.15, 0.2) is 14.7 Å². The number of carbonyl (C=O) groups is 1. The predicted molar refractivity (Wildman–Crippen MR) is 135 cm³/mol. The van der Waals surface area contributed by atoms with Gasteiger partial charge in [-0.15, -0.1) is 0 Å². The molecule has 0 spiro atoms. The molecule has 0 aliphatic rings. The highest BCUT2D eigenvalue weighted by Crippen LogP contribution is 2.32. The molecule has 4 rings (SSSR count). The van der Waals surface area contributed by atoms with E-state index < -0.39 is 5.60 Å². The molecule has 0 N–H and O–H groups in total. The van der Waals surface area contributed by atoms with Gasteiger partial charge in [-0.2, -0.15) is 0 Å². The zero-order chi connectivity index (χ0) is 23.8. The van der Waals surface area contributed by atoms with Crippen LogP contribution in [0.5, 0.6) is 5.75 Å². The first-order valence-electron chi connectivity index (χ1n) is 11.2. The van der Waals surface area contributed by atoms with E-state index in [9.17, 15) is 4.79 Å². The third kappa shape index (κ3) is 6.06. The molecule has 0 bridgehead atoms. The second kappa shape index (κ2) is 11.0. The molecular formula is C29H28NO3S+. The Bertz CT molecular complexity index is 1140. The normalized spacial score (nSPS) is 11.3. The Balaban J connectivity index is 1.37. The van der Waals surface area contributed by atoms with Crippen LogP contribution >= 0.6 is 0 Å². The summed E-state index contributed by atoms with van der Waals surface area (Å²) in [5.74, 6) is 0.433. The first-order chi connectivity index (χ1) is 16.5. The van der Waals surface area contributed by atoms with E-state index in [1.165, 1.54) is 14.7 Å². The smallest absolute Gasteiger partial charge is 0.310 e. The van der Waals surface area contributed by atoms with Crippen molar-refractivity contribution in [2.45, 2.75) is 40.6 Å². The van der Waals surface area contributed by atoms with Crippen molar-refractivity contribution in [3.8, 4) is 5.75 Å². The van der Waals surface area contributed by atoms with Gasteiger partial charge in [0.1, 0.15) is 11.4 Å². The monoisotopic (exact) mass is 470 g/mol. The van der Waals surface area contributed by atoms with Crippen molar-refractivity contribution in [3.63, 3.8) is 0 Å². The summed E-state index contributed by atoms with van der Waals surface area (Å²) in [4.78, 5) is 20.1. The number of esters is 1. The number of carbonyl (C=O) groups excluding carboxylic acids is 1. The molecule has 0 atom stereocenters. The van der Waals surface area contributed by atoms with Crippen molar-refractivity contribution in [3.05, 3.63) is 115 Å². The Labute approximate surface area is 203 Å². The quantitative estimate of drug-likeness (QED) is 0.209. The molecule has 0 radical (unpaired) electrons. The van der Waals surface area contributed by atoms with Crippen molar-refractivity contribution < 1.29 is 14.3 Å². The highest BCUT2D eigenvalue weighted by Gasteiger charge is 2.28. The summed E-state index contributed by atoms with van der Waals surface area (Å²) in [6.07, 6.45) is 3.56. The lowest BCUT2D eigenvalue weighted by Crippen LogP contribution is -2.26. The van der Waals surface area contributed by atoms with Crippen LogP contribution in [0.25, 0.3) is 0 Å². The minimum Gasteiger partial charge on any atom is -0.493 e. The lowest BCUT2D eigenvalue weighted by molar-refractivity contribution is -0.158. The lowest BCUT2D eigenvalue weighted by Gasteiger charge is -2.25. The van der Waals surface area contributed by atoms with Crippen LogP contribution in [0.1, 0.15) is 25.8 Å². The van der Waals surface area contributed by atoms with E-state index in [1.807, 2.05) is 50.2 Å². The van der Waals surface area contributed by atoms with Gasteiger partial charge >= 0.3 is 5.97 Å². The minimum absolute atomic E-state index is 0.175. The van der Waals surface area contributed by atoms with Crippen LogP contribution in [0, 0.1) is 0 Å². The van der Waals surface area contributed by atoms with Gasteiger partial charge in [-0.05, 0) is 80.1 Å². The van der Waals surface area contributed by atoms with Crippen molar-refractivity contribution in [2.75, 3.05) is 6.61 Å². The summed E-state index contributed by atoms with van der Waals surface area (Å²) in [7, 11) is -0.200. The molecule has 34 heavy (non-hydrogen) atoms. The van der Waals surface area contributed by atoms with Gasteiger partial charge in [-0.25, -0.2) is 0 Å². The third-order valence-corrected chi connectivity index (χ3v) is 7.57. The Morgan fingerprint density at radius 3 is 1.85 bits per heavy atom. The van der Waals surface area contributed by atoms with E-state index >= 15 is 0 Å². The zero-order valence-corrected chi connectivity index (χ0v) is 20.2. The van der Waals surface area contributed by atoms with E-state index in [4.69, 9.17) is 9.47 Å². The second-order valence-corrected chi connectivity index (χ2v) is 10.2. The molecule has 1 heterocycles. The molecule has 0 fully saturated rings. The van der Waals surface area contributed by atoms with Crippen molar-refractivity contribution >= 4 is 16.9 Å². The van der Waals surface area contributed by atoms with Crippen molar-refractivity contribution in [1.29, 1.82) is 0 Å². The molecule has 0 amide bonds. The maximum Gasteiger partial charge on any atom is 0.310 e. The molecule has 4 aromatic rings. The Morgan fingerprint density at radius 1 is 0.765 bits per heavy atom. The molecule has 0 saturated heterocycles. The molecule has 0 aliphatic carbocycles. The number of rotatable bonds is 9. The Kier molecular flexibility index (Phi) is 7.65. The zero-order valence-electron chi connectivity index (χ0n) is 19.4. The highest BCUT2D eigenvalue weighted by molar-refractivity contribution is 7.97. The van der Waals surface area contributed by atoms with Crippen LogP contribution < -0.4 is 4.74 Å². The van der Waals surface area contributed by atoms with Crippen LogP contribution in [0.4, 0.5) is 0 Å². The van der Waals surface area contributed by atoms with Crippen LogP contribution in [-0.2, 0) is 26.0 Å². The third-order valence-electron chi connectivity index (χ3n) is 5.34. The minimum atomic E-state index is -0.716. The number of hydrogen-bond donors (Lipinski definition) is 0. The number of nitrogens with zero attached hydrogens (tertiary/aromatic N) is 1. The van der Waals surface area contributed by atoms with Crippen molar-refractivity contribution in [2.24, 2.45) is 0 Å². The summed E-state index contributed by atoms with van der Waals surface area (Å²) in [6, 6.07) is 32.9. The van der Waals surface area contributed by atoms with Crippen LogP contribution in [-0.4, -0.2) is 17.6 Å². The fourth-order valence-corrected chi connectivity index (χ4v) is 5.68. The molecular weight excluding hydrogens is 442 g/mol. The predicted octanol–water partition coefficient (Wildman–Crippen LogP) is 6.42. The largest absolute Gasteiger partial charge is 0.493 e. The fourth-order valence-electron chi connectivity index (χ4n) is 3.59. The standard InChI is InChI=1S/C29H28NO3S/c1-29(2,23-17-20-30-21-18-23)33-28(31)19-22-32-24-13-15-27(16-14-24)34(25-9-5-3-6-10-25)26-11-7-4-8-12-26/h3-18,20-21H,19,22H2,1-2H3/q+1. The molecule has 0 unspecified atom stereocenters. The average Bonchev–Trinajstić information content (AvgIpc) is 2.87. The molecule has 1 aromatic heterocycles. The van der Waals surface area contributed by atoms with Gasteiger partial charge in [-0.1, -0.05) is 36.4 Å². The summed E-state index contributed by atoms with van der Waals surface area (Å²) in [5.41, 5.74) is 0.187. The first-order valence-corrected chi connectivity index (χ1v) is 12.4. The van der Waals surface area contributed by atoms with Gasteiger partial charge in [0.05, 0.1) is 23.9 Å². The topological polar surface area (TPSA) is 48.4 Å². The van der Waals surface area contributed by atoms with Gasteiger partial charge in [0.2, 0.25) is 0 Å². The van der Waals surface area contributed by atoms with Crippen molar-refractivity contribution in [1.82, 2.24) is 4.98 Å². The number of hydrogen-bond acceptors (Lipinski definition) is 4. The van der Waals surface area contributed by atoms with Crippen LogP contribution in [0.15, 0.2) is 124 Å². The maximum absolute atomic E-state index is 12.4. The number of benzene rings is 3. The van der Waals surface area contributed by atoms with Gasteiger partial charge < -0.3 is 9.47 Å². The summed E-state index contributed by atoms with van der Waals surface area (Å²) in [6.45, 7) is 4.00. The van der Waals surface area contributed by atoms with Gasteiger partial charge in [0, 0.05) is 12.4 Å². The molecule has 4 nitrogen and oxygen atoms in total. The van der Waals surface area contributed by atoms with E-state index in [1.54, 1.807) is 12.4 Å². The Hall–Kier alpha value is -3.57. The lowest BCUT2D eigenvalue weighted by atomic mass is 9.99. The van der Waals surface area contributed by atoms with E-state index in [2.05, 4.69) is 65.6 Å². The van der Waals surface area contributed by atoms with E-state index in [0.29, 0.717) is 0 Å². The number of ether oxygens (including phenoxy) is 2. The number of pyridine rings is 1. The molecule has 0 saturated carbocycles. The fraction of sp³-hybridized carbons (Fsp3) is 0.172. The number of aromatic nitrogens is 1. The molecule has 5 heteroatoms. The summed E-state index contributed by atoms with van der Waals surface area (Å²) < 4.78 is 11.5.